The van der Waals surface area contributed by atoms with Gasteiger partial charge in [-0.15, -0.1) is 0 Å². The average Bonchev–Trinajstić information content (AvgIpc) is 2.30. The zero-order valence-electron chi connectivity index (χ0n) is 8.88. The minimum atomic E-state index is -0.532. The first-order chi connectivity index (χ1) is 8.47. The molecule has 0 radical (unpaired) electrons. The Kier molecular flexibility index (Phi) is 3.91. The van der Waals surface area contributed by atoms with Gasteiger partial charge in [-0.1, -0.05) is 34.8 Å². The summed E-state index contributed by atoms with van der Waals surface area (Å²) < 4.78 is 13.1. The number of carbonyl (C=O) groups excluding carboxylic acids is 1. The lowest BCUT2D eigenvalue weighted by atomic mass is 10.0. The van der Waals surface area contributed by atoms with Gasteiger partial charge in [0.15, 0.2) is 5.78 Å². The van der Waals surface area contributed by atoms with Crippen LogP contribution in [0.2, 0.25) is 15.1 Å². The van der Waals surface area contributed by atoms with E-state index < -0.39 is 11.6 Å². The van der Waals surface area contributed by atoms with Crippen molar-refractivity contribution >= 4 is 40.6 Å². The molecule has 0 aromatic heterocycles. The van der Waals surface area contributed by atoms with Gasteiger partial charge in [0.05, 0.1) is 5.02 Å². The maximum Gasteiger partial charge on any atom is 0.194 e. The van der Waals surface area contributed by atoms with Crippen molar-refractivity contribution in [1.29, 1.82) is 0 Å². The first-order valence-electron chi connectivity index (χ1n) is 4.93. The van der Waals surface area contributed by atoms with Crippen LogP contribution in [0.3, 0.4) is 0 Å². The molecule has 2 aromatic rings. The second kappa shape index (κ2) is 5.27. The summed E-state index contributed by atoms with van der Waals surface area (Å²) in [5.74, 6) is -0.959. The van der Waals surface area contributed by atoms with Crippen LogP contribution in [0.25, 0.3) is 0 Å². The van der Waals surface area contributed by atoms with Gasteiger partial charge >= 0.3 is 0 Å². The van der Waals surface area contributed by atoms with Crippen molar-refractivity contribution in [3.8, 4) is 0 Å². The first kappa shape index (κ1) is 13.3. The molecule has 0 atom stereocenters. The molecule has 1 nitrogen and oxygen atoms in total. The minimum absolute atomic E-state index is 0.0787. The molecule has 0 N–H and O–H groups in total. The van der Waals surface area contributed by atoms with Gasteiger partial charge in [-0.05, 0) is 36.4 Å². The van der Waals surface area contributed by atoms with Crippen LogP contribution < -0.4 is 0 Å². The molecule has 0 spiro atoms. The van der Waals surface area contributed by atoms with Crippen LogP contribution in [-0.2, 0) is 0 Å². The van der Waals surface area contributed by atoms with Crippen molar-refractivity contribution in [2.45, 2.75) is 0 Å². The molecule has 0 amide bonds. The molecule has 0 aliphatic rings. The van der Waals surface area contributed by atoms with Crippen molar-refractivity contribution in [2.24, 2.45) is 0 Å². The van der Waals surface area contributed by atoms with Crippen LogP contribution in [0.15, 0.2) is 36.4 Å². The lowest BCUT2D eigenvalue weighted by Crippen LogP contribution is -2.03. The molecule has 0 saturated heterocycles. The molecule has 92 valence electrons. The number of halogens is 4. The largest absolute Gasteiger partial charge is 0.289 e. The highest BCUT2D eigenvalue weighted by Crippen LogP contribution is 2.24. The van der Waals surface area contributed by atoms with Crippen LogP contribution in [0.4, 0.5) is 4.39 Å². The van der Waals surface area contributed by atoms with Crippen molar-refractivity contribution in [2.75, 3.05) is 0 Å². The fourth-order valence-corrected chi connectivity index (χ4v) is 2.24. The fourth-order valence-electron chi connectivity index (χ4n) is 1.51. The van der Waals surface area contributed by atoms with Crippen LogP contribution in [0.1, 0.15) is 15.9 Å². The third-order valence-corrected chi connectivity index (χ3v) is 3.06. The lowest BCUT2D eigenvalue weighted by Gasteiger charge is -2.05. The summed E-state index contributed by atoms with van der Waals surface area (Å²) in [6, 6.07) is 8.01. The molecule has 0 bridgehead atoms. The molecular formula is C13H6Cl3FO. The normalized spacial score (nSPS) is 10.4. The van der Waals surface area contributed by atoms with Gasteiger partial charge in [0.2, 0.25) is 0 Å². The topological polar surface area (TPSA) is 17.1 Å². The van der Waals surface area contributed by atoms with Crippen molar-refractivity contribution < 1.29 is 9.18 Å². The number of rotatable bonds is 2. The number of ketones is 1. The highest BCUT2D eigenvalue weighted by Gasteiger charge is 2.15. The molecule has 2 aromatic carbocycles. The van der Waals surface area contributed by atoms with E-state index in [1.54, 1.807) is 0 Å². The van der Waals surface area contributed by atoms with E-state index in [2.05, 4.69) is 0 Å². The molecule has 0 aliphatic carbocycles. The zero-order valence-corrected chi connectivity index (χ0v) is 11.2. The standard InChI is InChI=1S/C13H6Cl3FO/c14-8-3-7(4-9(15)5-8)13(18)11-6-10(17)1-2-12(11)16/h1-6H. The van der Waals surface area contributed by atoms with Crippen molar-refractivity contribution in [3.63, 3.8) is 0 Å². The molecule has 18 heavy (non-hydrogen) atoms. The zero-order chi connectivity index (χ0) is 13.3. The van der Waals surface area contributed by atoms with E-state index in [4.69, 9.17) is 34.8 Å². The predicted molar refractivity (Wildman–Crippen MR) is 71.3 cm³/mol. The van der Waals surface area contributed by atoms with Gasteiger partial charge < -0.3 is 0 Å². The highest BCUT2D eigenvalue weighted by atomic mass is 35.5. The highest BCUT2D eigenvalue weighted by molar-refractivity contribution is 6.37. The Morgan fingerprint density at radius 3 is 2.17 bits per heavy atom. The third kappa shape index (κ3) is 2.83. The average molecular weight is 304 g/mol. The fraction of sp³-hybridized carbons (Fsp3) is 0. The second-order valence-electron chi connectivity index (χ2n) is 3.61. The van der Waals surface area contributed by atoms with Gasteiger partial charge in [-0.25, -0.2) is 4.39 Å². The predicted octanol–water partition coefficient (Wildman–Crippen LogP) is 5.02. The van der Waals surface area contributed by atoms with Crippen LogP contribution in [0, 0.1) is 5.82 Å². The monoisotopic (exact) mass is 302 g/mol. The lowest BCUT2D eigenvalue weighted by molar-refractivity contribution is 0.103. The van der Waals surface area contributed by atoms with E-state index in [0.717, 1.165) is 6.07 Å². The summed E-state index contributed by atoms with van der Waals surface area (Å²) in [5, 5.41) is 0.842. The quantitative estimate of drug-likeness (QED) is 0.712. The van der Waals surface area contributed by atoms with E-state index in [1.807, 2.05) is 0 Å². The molecule has 0 aliphatic heterocycles. The van der Waals surface area contributed by atoms with E-state index in [0.29, 0.717) is 10.0 Å². The van der Waals surface area contributed by atoms with Gasteiger partial charge in [-0.3, -0.25) is 4.79 Å². The molecule has 0 unspecified atom stereocenters. The summed E-state index contributed by atoms with van der Waals surface area (Å²) in [6.07, 6.45) is 0. The van der Waals surface area contributed by atoms with Gasteiger partial charge in [-0.2, -0.15) is 0 Å². The summed E-state index contributed by atoms with van der Waals surface area (Å²) in [4.78, 5) is 12.2. The summed E-state index contributed by atoms with van der Waals surface area (Å²) in [7, 11) is 0. The van der Waals surface area contributed by atoms with Crippen LogP contribution >= 0.6 is 34.8 Å². The number of benzene rings is 2. The van der Waals surface area contributed by atoms with Crippen molar-refractivity contribution in [3.05, 3.63) is 68.4 Å². The molecule has 0 heterocycles. The Balaban J connectivity index is 2.51. The van der Waals surface area contributed by atoms with Crippen LogP contribution in [-0.4, -0.2) is 5.78 Å². The minimum Gasteiger partial charge on any atom is -0.289 e. The van der Waals surface area contributed by atoms with E-state index in [1.165, 1.54) is 30.3 Å². The Morgan fingerprint density at radius 1 is 0.944 bits per heavy atom. The van der Waals surface area contributed by atoms with Crippen molar-refractivity contribution in [1.82, 2.24) is 0 Å². The second-order valence-corrected chi connectivity index (χ2v) is 4.89. The molecule has 5 heteroatoms. The third-order valence-electron chi connectivity index (χ3n) is 2.30. The van der Waals surface area contributed by atoms with E-state index >= 15 is 0 Å². The maximum absolute atomic E-state index is 13.1. The smallest absolute Gasteiger partial charge is 0.194 e. The maximum atomic E-state index is 13.1. The molecule has 0 fully saturated rings. The Morgan fingerprint density at radius 2 is 1.56 bits per heavy atom. The van der Waals surface area contributed by atoms with Crippen LogP contribution in [0.5, 0.6) is 0 Å². The van der Waals surface area contributed by atoms with E-state index in [-0.39, 0.29) is 16.1 Å². The summed E-state index contributed by atoms with van der Waals surface area (Å²) in [5.41, 5.74) is 0.343. The number of hydrogen-bond acceptors (Lipinski definition) is 1. The Hall–Kier alpha value is -1.09. The summed E-state index contributed by atoms with van der Waals surface area (Å²) in [6.45, 7) is 0. The molecular weight excluding hydrogens is 297 g/mol. The Bertz CT molecular complexity index is 605. The number of carbonyl (C=O) groups is 1. The summed E-state index contributed by atoms with van der Waals surface area (Å²) >= 11 is 17.5. The molecule has 0 saturated carbocycles. The number of hydrogen-bond donors (Lipinski definition) is 0. The first-order valence-corrected chi connectivity index (χ1v) is 6.06. The Labute approximate surface area is 118 Å². The van der Waals surface area contributed by atoms with Gasteiger partial charge in [0.25, 0.3) is 0 Å². The SMILES string of the molecule is O=C(c1cc(Cl)cc(Cl)c1)c1cc(F)ccc1Cl. The molecule has 2 rings (SSSR count). The van der Waals surface area contributed by atoms with Gasteiger partial charge in [0, 0.05) is 21.2 Å². The van der Waals surface area contributed by atoms with E-state index in [9.17, 15) is 9.18 Å². The van der Waals surface area contributed by atoms with Gasteiger partial charge in [0.1, 0.15) is 5.82 Å².